The van der Waals surface area contributed by atoms with Gasteiger partial charge in [-0.15, -0.1) is 0 Å². The quantitative estimate of drug-likeness (QED) is 0.315. The minimum Gasteiger partial charge on any atom is -0.492 e. The van der Waals surface area contributed by atoms with Crippen LogP contribution >= 0.6 is 11.3 Å². The summed E-state index contributed by atoms with van der Waals surface area (Å²) in [7, 11) is 2.08. The van der Waals surface area contributed by atoms with Gasteiger partial charge in [0.2, 0.25) is 5.88 Å². The van der Waals surface area contributed by atoms with Crippen LogP contribution in [-0.2, 0) is 6.18 Å². The molecule has 0 unspecified atom stereocenters. The Morgan fingerprint density at radius 1 is 1.11 bits per heavy atom. The smallest absolute Gasteiger partial charge is 0.416 e. The minimum absolute atomic E-state index is 0.0719. The maximum Gasteiger partial charge on any atom is 0.416 e. The molecule has 1 saturated carbocycles. The molecule has 3 heterocycles. The van der Waals surface area contributed by atoms with E-state index in [-0.39, 0.29) is 11.8 Å². The molecule has 1 aliphatic carbocycles. The standard InChI is InChI=1S/C27H26F3N5OS/c1-34-8-10-35(11-9-34)26-32-25(36)24(37-26)22(17-5-7-23-19(12-17)15-31-33-23)13-18-4-6-20(27(28,29)30)14-21(18)16-2-3-16/h4-7,12-16,36H,2-3,8-11H2,1H3,(H,31,33). The Morgan fingerprint density at radius 2 is 1.89 bits per heavy atom. The third kappa shape index (κ3) is 4.83. The summed E-state index contributed by atoms with van der Waals surface area (Å²) in [6.07, 6.45) is 0.979. The summed E-state index contributed by atoms with van der Waals surface area (Å²) in [5.41, 5.74) is 3.22. The number of hydrogen-bond acceptors (Lipinski definition) is 6. The molecule has 6 nitrogen and oxygen atoms in total. The van der Waals surface area contributed by atoms with Gasteiger partial charge in [-0.25, -0.2) is 0 Å². The summed E-state index contributed by atoms with van der Waals surface area (Å²) in [4.78, 5) is 9.50. The number of H-pyrrole nitrogens is 1. The fourth-order valence-electron chi connectivity index (χ4n) is 4.79. The average Bonchev–Trinajstić information content (AvgIpc) is 3.49. The van der Waals surface area contributed by atoms with Gasteiger partial charge in [-0.1, -0.05) is 23.5 Å². The van der Waals surface area contributed by atoms with Gasteiger partial charge in [0.1, 0.15) is 4.88 Å². The Bertz CT molecular complexity index is 1480. The highest BCUT2D eigenvalue weighted by atomic mass is 32.1. The van der Waals surface area contributed by atoms with Crippen molar-refractivity contribution >= 4 is 39.0 Å². The molecule has 0 atom stereocenters. The third-order valence-electron chi connectivity index (χ3n) is 7.10. The highest BCUT2D eigenvalue weighted by Gasteiger charge is 2.34. The molecule has 2 aromatic carbocycles. The van der Waals surface area contributed by atoms with E-state index in [0.29, 0.717) is 10.4 Å². The first-order valence-electron chi connectivity index (χ1n) is 12.3. The van der Waals surface area contributed by atoms with Gasteiger partial charge in [0.15, 0.2) is 5.13 Å². The predicted octanol–water partition coefficient (Wildman–Crippen LogP) is 5.96. The Hall–Kier alpha value is -3.37. The van der Waals surface area contributed by atoms with Gasteiger partial charge in [0.05, 0.1) is 17.3 Å². The predicted molar refractivity (Wildman–Crippen MR) is 140 cm³/mol. The zero-order valence-corrected chi connectivity index (χ0v) is 21.0. The van der Waals surface area contributed by atoms with Crippen molar-refractivity contribution in [3.63, 3.8) is 0 Å². The van der Waals surface area contributed by atoms with E-state index in [4.69, 9.17) is 0 Å². The molecular formula is C27H26F3N5OS. The second-order valence-corrected chi connectivity index (χ2v) is 10.8. The van der Waals surface area contributed by atoms with Crippen LogP contribution in [0.3, 0.4) is 0 Å². The van der Waals surface area contributed by atoms with Gasteiger partial charge in [-0.05, 0) is 72.8 Å². The van der Waals surface area contributed by atoms with Crippen LogP contribution < -0.4 is 4.90 Å². The maximum absolute atomic E-state index is 13.5. The van der Waals surface area contributed by atoms with E-state index in [1.165, 1.54) is 17.4 Å². The van der Waals surface area contributed by atoms with Crippen molar-refractivity contribution in [2.75, 3.05) is 38.1 Å². The van der Waals surface area contributed by atoms with E-state index in [0.717, 1.165) is 77.8 Å². The van der Waals surface area contributed by atoms with Crippen LogP contribution in [0.5, 0.6) is 5.88 Å². The van der Waals surface area contributed by atoms with Crippen LogP contribution in [0.15, 0.2) is 42.6 Å². The van der Waals surface area contributed by atoms with Crippen molar-refractivity contribution in [2.24, 2.45) is 0 Å². The van der Waals surface area contributed by atoms with Gasteiger partial charge in [-0.3, -0.25) is 5.10 Å². The largest absolute Gasteiger partial charge is 0.492 e. The Kier molecular flexibility index (Phi) is 5.95. The van der Waals surface area contributed by atoms with E-state index in [9.17, 15) is 18.3 Å². The van der Waals surface area contributed by atoms with Crippen molar-refractivity contribution < 1.29 is 18.3 Å². The summed E-state index contributed by atoms with van der Waals surface area (Å²) in [5, 5.41) is 19.7. The fraction of sp³-hybridized carbons (Fsp3) is 0.333. The number of fused-ring (bicyclic) bond motifs is 1. The molecule has 2 aromatic heterocycles. The van der Waals surface area contributed by atoms with Gasteiger partial charge < -0.3 is 14.9 Å². The molecule has 1 saturated heterocycles. The number of aromatic hydroxyl groups is 1. The number of hydrogen-bond donors (Lipinski definition) is 2. The number of piperazine rings is 1. The van der Waals surface area contributed by atoms with E-state index < -0.39 is 11.7 Å². The molecule has 0 bridgehead atoms. The Morgan fingerprint density at radius 3 is 2.62 bits per heavy atom. The number of aromatic nitrogens is 3. The fourth-order valence-corrected chi connectivity index (χ4v) is 5.84. The van der Waals surface area contributed by atoms with Gasteiger partial charge in [0.25, 0.3) is 0 Å². The molecule has 6 rings (SSSR count). The first-order chi connectivity index (χ1) is 17.8. The summed E-state index contributed by atoms with van der Waals surface area (Å²) in [5.74, 6) is 0.0412. The first-order valence-corrected chi connectivity index (χ1v) is 13.1. The second kappa shape index (κ2) is 9.18. The van der Waals surface area contributed by atoms with Crippen LogP contribution in [0.1, 0.15) is 45.9 Å². The van der Waals surface area contributed by atoms with Crippen LogP contribution in [0.25, 0.3) is 22.6 Å². The second-order valence-electron chi connectivity index (χ2n) is 9.79. The molecule has 1 aliphatic heterocycles. The normalized spacial score (nSPS) is 17.6. The number of likely N-dealkylation sites (N-methyl/N-ethyl adjacent to an activating group) is 1. The van der Waals surface area contributed by atoms with Crippen LogP contribution in [-0.4, -0.2) is 58.4 Å². The van der Waals surface area contributed by atoms with E-state index >= 15 is 0 Å². The highest BCUT2D eigenvalue weighted by molar-refractivity contribution is 7.17. The number of nitrogens with zero attached hydrogens (tertiary/aromatic N) is 4. The molecule has 37 heavy (non-hydrogen) atoms. The molecule has 192 valence electrons. The summed E-state index contributed by atoms with van der Waals surface area (Å²) in [6.45, 7) is 3.44. The number of anilines is 1. The minimum atomic E-state index is -4.39. The number of alkyl halides is 3. The Labute approximate surface area is 216 Å². The first kappa shape index (κ1) is 24.0. The van der Waals surface area contributed by atoms with E-state index in [2.05, 4.69) is 32.0 Å². The molecule has 2 N–H and O–H groups in total. The molecule has 0 amide bonds. The highest BCUT2D eigenvalue weighted by Crippen LogP contribution is 2.46. The zero-order chi connectivity index (χ0) is 25.7. The lowest BCUT2D eigenvalue weighted by Gasteiger charge is -2.31. The van der Waals surface area contributed by atoms with E-state index in [1.807, 2.05) is 24.3 Å². The number of halogens is 3. The monoisotopic (exact) mass is 525 g/mol. The van der Waals surface area contributed by atoms with Crippen molar-refractivity contribution in [1.29, 1.82) is 0 Å². The van der Waals surface area contributed by atoms with E-state index in [1.54, 1.807) is 12.3 Å². The lowest BCUT2D eigenvalue weighted by Crippen LogP contribution is -2.44. The SMILES string of the molecule is CN1CCN(c2nc(O)c(C(=Cc3ccc(C(F)(F)F)cc3C3CC3)c3ccc4[nH]ncc4c3)s2)CC1. The van der Waals surface area contributed by atoms with Gasteiger partial charge >= 0.3 is 6.18 Å². The molecule has 10 heteroatoms. The molecule has 0 radical (unpaired) electrons. The lowest BCUT2D eigenvalue weighted by molar-refractivity contribution is -0.137. The van der Waals surface area contributed by atoms with Crippen LogP contribution in [0, 0.1) is 0 Å². The topological polar surface area (TPSA) is 68.3 Å². The molecule has 2 aliphatic rings. The van der Waals surface area contributed by atoms with Crippen molar-refractivity contribution in [2.45, 2.75) is 24.9 Å². The van der Waals surface area contributed by atoms with Crippen LogP contribution in [0.4, 0.5) is 18.3 Å². The van der Waals surface area contributed by atoms with Gasteiger partial charge in [0, 0.05) is 37.1 Å². The van der Waals surface area contributed by atoms with Crippen molar-refractivity contribution in [3.05, 3.63) is 69.7 Å². The summed E-state index contributed by atoms with van der Waals surface area (Å²) < 4.78 is 40.4. The maximum atomic E-state index is 13.5. The zero-order valence-electron chi connectivity index (χ0n) is 20.2. The molecule has 2 fully saturated rings. The van der Waals surface area contributed by atoms with Crippen molar-refractivity contribution in [1.82, 2.24) is 20.1 Å². The number of benzene rings is 2. The molecular weight excluding hydrogens is 499 g/mol. The Balaban J connectivity index is 1.48. The third-order valence-corrected chi connectivity index (χ3v) is 8.24. The average molecular weight is 526 g/mol. The summed E-state index contributed by atoms with van der Waals surface area (Å²) >= 11 is 1.41. The van der Waals surface area contributed by atoms with Crippen molar-refractivity contribution in [3.8, 4) is 5.88 Å². The number of aromatic amines is 1. The summed E-state index contributed by atoms with van der Waals surface area (Å²) in [6, 6.07) is 9.79. The number of thiazole rings is 1. The number of nitrogens with one attached hydrogen (secondary N) is 1. The lowest BCUT2D eigenvalue weighted by atomic mass is 9.95. The van der Waals surface area contributed by atoms with Gasteiger partial charge in [-0.2, -0.15) is 23.3 Å². The van der Waals surface area contributed by atoms with Crippen LogP contribution in [0.2, 0.25) is 0 Å². The molecule has 0 spiro atoms. The number of rotatable bonds is 5. The molecule has 4 aromatic rings.